The first-order valence-corrected chi connectivity index (χ1v) is 14.0. The molecule has 3 rings (SSSR count). The van der Waals surface area contributed by atoms with Gasteiger partial charge in [-0.2, -0.15) is 0 Å². The van der Waals surface area contributed by atoms with Gasteiger partial charge in [0.15, 0.2) is 0 Å². The van der Waals surface area contributed by atoms with Crippen LogP contribution in [0.3, 0.4) is 0 Å². The Morgan fingerprint density at radius 3 is 2.08 bits per heavy atom. The molecule has 0 bridgehead atoms. The van der Waals surface area contributed by atoms with Crippen molar-refractivity contribution >= 4 is 31.6 Å². The van der Waals surface area contributed by atoms with Crippen molar-refractivity contribution in [2.24, 2.45) is 0 Å². The third-order valence-corrected chi connectivity index (χ3v) is 8.62. The molecule has 3 aromatic rings. The zero-order valence-electron chi connectivity index (χ0n) is 20.5. The second kappa shape index (κ2) is 11.1. The van der Waals surface area contributed by atoms with Crippen LogP contribution < -0.4 is 14.8 Å². The summed E-state index contributed by atoms with van der Waals surface area (Å²) >= 11 is 0. The number of nitrogens with one attached hydrogen (secondary N) is 2. The lowest BCUT2D eigenvalue weighted by Gasteiger charge is -2.14. The van der Waals surface area contributed by atoms with Crippen molar-refractivity contribution in [3.05, 3.63) is 83.4 Å². The molecule has 1 amide bonds. The number of nitrogens with zero attached hydrogens (tertiary/aromatic N) is 1. The third-order valence-electron chi connectivity index (χ3n) is 5.41. The molecule has 36 heavy (non-hydrogen) atoms. The van der Waals surface area contributed by atoms with E-state index in [-0.39, 0.29) is 28.8 Å². The van der Waals surface area contributed by atoms with Crippen molar-refractivity contribution in [1.29, 1.82) is 0 Å². The minimum absolute atomic E-state index is 0.131. The zero-order valence-corrected chi connectivity index (χ0v) is 22.1. The molecule has 0 atom stereocenters. The molecule has 3 aromatic carbocycles. The molecule has 0 saturated heterocycles. The highest BCUT2D eigenvalue weighted by atomic mass is 32.2. The predicted molar refractivity (Wildman–Crippen MR) is 138 cm³/mol. The van der Waals surface area contributed by atoms with Crippen LogP contribution in [0.5, 0.6) is 5.75 Å². The number of sulfonamides is 2. The van der Waals surface area contributed by atoms with Crippen LogP contribution in [-0.2, 0) is 20.0 Å². The molecule has 0 saturated carbocycles. The van der Waals surface area contributed by atoms with E-state index in [9.17, 15) is 21.6 Å². The van der Waals surface area contributed by atoms with Crippen LogP contribution in [0.2, 0.25) is 0 Å². The van der Waals surface area contributed by atoms with Crippen LogP contribution in [0.1, 0.15) is 21.5 Å². The average molecular weight is 532 g/mol. The van der Waals surface area contributed by atoms with Crippen LogP contribution in [0.15, 0.2) is 76.5 Å². The highest BCUT2D eigenvalue weighted by molar-refractivity contribution is 7.92. The van der Waals surface area contributed by atoms with Gasteiger partial charge in [-0.1, -0.05) is 23.8 Å². The number of hydrogen-bond donors (Lipinski definition) is 2. The van der Waals surface area contributed by atoms with Crippen LogP contribution in [0, 0.1) is 13.8 Å². The van der Waals surface area contributed by atoms with Crippen LogP contribution in [0.25, 0.3) is 0 Å². The Kier molecular flexibility index (Phi) is 8.39. The van der Waals surface area contributed by atoms with Crippen molar-refractivity contribution < 1.29 is 26.4 Å². The standard InChI is InChI=1S/C25H29N3O6S2/c1-18-8-12-21(13-9-18)35(30,31)27-24-7-5-6-23(19(24)2)25(29)26-16-17-34-20-10-14-22(15-11-20)36(32,33)28(3)4/h5-15,27H,16-17H2,1-4H3,(H,26,29). The van der Waals surface area contributed by atoms with E-state index >= 15 is 0 Å². The number of amides is 1. The van der Waals surface area contributed by atoms with Gasteiger partial charge in [0, 0.05) is 19.7 Å². The Morgan fingerprint density at radius 1 is 0.861 bits per heavy atom. The molecule has 0 spiro atoms. The predicted octanol–water partition coefficient (Wildman–Crippen LogP) is 3.16. The van der Waals surface area contributed by atoms with E-state index in [4.69, 9.17) is 4.74 Å². The molecule has 0 heterocycles. The summed E-state index contributed by atoms with van der Waals surface area (Å²) in [7, 11) is -4.41. The van der Waals surface area contributed by atoms with E-state index in [1.54, 1.807) is 49.4 Å². The fraction of sp³-hybridized carbons (Fsp3) is 0.240. The number of benzene rings is 3. The first-order valence-electron chi connectivity index (χ1n) is 11.0. The molecule has 0 unspecified atom stereocenters. The lowest BCUT2D eigenvalue weighted by atomic mass is 10.1. The van der Waals surface area contributed by atoms with Gasteiger partial charge in [0.25, 0.3) is 15.9 Å². The van der Waals surface area contributed by atoms with E-state index < -0.39 is 20.0 Å². The van der Waals surface area contributed by atoms with Gasteiger partial charge in [-0.25, -0.2) is 21.1 Å². The molecule has 2 N–H and O–H groups in total. The van der Waals surface area contributed by atoms with Crippen molar-refractivity contribution in [2.45, 2.75) is 23.6 Å². The summed E-state index contributed by atoms with van der Waals surface area (Å²) in [4.78, 5) is 13.0. The van der Waals surface area contributed by atoms with Crippen molar-refractivity contribution in [3.63, 3.8) is 0 Å². The van der Waals surface area contributed by atoms with E-state index in [1.807, 2.05) is 6.92 Å². The second-order valence-corrected chi connectivity index (χ2v) is 12.1. The quantitative estimate of drug-likeness (QED) is 0.388. The maximum Gasteiger partial charge on any atom is 0.261 e. The minimum atomic E-state index is -3.81. The van der Waals surface area contributed by atoms with Crippen molar-refractivity contribution in [1.82, 2.24) is 9.62 Å². The Hall–Kier alpha value is -3.41. The summed E-state index contributed by atoms with van der Waals surface area (Å²) in [5, 5.41) is 2.74. The minimum Gasteiger partial charge on any atom is -0.492 e. The van der Waals surface area contributed by atoms with Gasteiger partial charge in [0.1, 0.15) is 12.4 Å². The lowest BCUT2D eigenvalue weighted by molar-refractivity contribution is 0.0946. The molecule has 0 aromatic heterocycles. The summed E-state index contributed by atoms with van der Waals surface area (Å²) in [6, 6.07) is 17.3. The Bertz CT molecular complexity index is 1430. The van der Waals surface area contributed by atoms with E-state index in [2.05, 4.69) is 10.0 Å². The summed E-state index contributed by atoms with van der Waals surface area (Å²) < 4.78 is 59.0. The van der Waals surface area contributed by atoms with Gasteiger partial charge in [-0.15, -0.1) is 0 Å². The summed E-state index contributed by atoms with van der Waals surface area (Å²) in [5.74, 6) is 0.0885. The Labute approximate surface area is 212 Å². The number of carbonyl (C=O) groups is 1. The molecule has 11 heteroatoms. The number of carbonyl (C=O) groups excluding carboxylic acids is 1. The first kappa shape index (κ1) is 27.2. The molecular weight excluding hydrogens is 502 g/mol. The molecule has 0 radical (unpaired) electrons. The first-order chi connectivity index (χ1) is 16.9. The normalized spacial score (nSPS) is 11.8. The van der Waals surface area contributed by atoms with Gasteiger partial charge in [0.2, 0.25) is 10.0 Å². The fourth-order valence-corrected chi connectivity index (χ4v) is 5.29. The van der Waals surface area contributed by atoms with Gasteiger partial charge in [-0.3, -0.25) is 9.52 Å². The molecule has 0 fully saturated rings. The number of rotatable bonds is 10. The van der Waals surface area contributed by atoms with Crippen LogP contribution in [0.4, 0.5) is 5.69 Å². The molecular formula is C25H29N3O6S2. The molecule has 9 nitrogen and oxygen atoms in total. The van der Waals surface area contributed by atoms with Crippen molar-refractivity contribution in [3.8, 4) is 5.75 Å². The molecule has 0 aliphatic rings. The maximum absolute atomic E-state index is 12.7. The monoisotopic (exact) mass is 531 g/mol. The maximum atomic E-state index is 12.7. The topological polar surface area (TPSA) is 122 Å². The summed E-state index contributed by atoms with van der Waals surface area (Å²) in [5.41, 5.74) is 2.08. The average Bonchev–Trinajstić information content (AvgIpc) is 2.83. The number of anilines is 1. The van der Waals surface area contributed by atoms with Crippen molar-refractivity contribution in [2.75, 3.05) is 32.0 Å². The SMILES string of the molecule is Cc1ccc(S(=O)(=O)Nc2cccc(C(=O)NCCOc3ccc(S(=O)(=O)N(C)C)cc3)c2C)cc1. The highest BCUT2D eigenvalue weighted by Crippen LogP contribution is 2.23. The highest BCUT2D eigenvalue weighted by Gasteiger charge is 2.18. The van der Waals surface area contributed by atoms with E-state index in [1.165, 1.54) is 38.4 Å². The summed E-state index contributed by atoms with van der Waals surface area (Å²) in [6.07, 6.45) is 0. The third kappa shape index (κ3) is 6.42. The summed E-state index contributed by atoms with van der Waals surface area (Å²) in [6.45, 7) is 3.89. The molecule has 192 valence electrons. The van der Waals surface area contributed by atoms with E-state index in [0.29, 0.717) is 22.6 Å². The van der Waals surface area contributed by atoms with Gasteiger partial charge >= 0.3 is 0 Å². The van der Waals surface area contributed by atoms with Crippen LogP contribution in [-0.4, -0.2) is 54.3 Å². The van der Waals surface area contributed by atoms with Crippen LogP contribution >= 0.6 is 0 Å². The zero-order chi connectivity index (χ0) is 26.5. The smallest absolute Gasteiger partial charge is 0.261 e. The Balaban J connectivity index is 1.59. The van der Waals surface area contributed by atoms with Gasteiger partial charge < -0.3 is 10.1 Å². The second-order valence-electron chi connectivity index (χ2n) is 8.26. The molecule has 0 aliphatic heterocycles. The van der Waals surface area contributed by atoms with E-state index in [0.717, 1.165) is 9.87 Å². The number of hydrogen-bond acceptors (Lipinski definition) is 6. The van der Waals surface area contributed by atoms with Gasteiger partial charge in [-0.05, 0) is 67.9 Å². The Morgan fingerprint density at radius 2 is 1.47 bits per heavy atom. The number of aryl methyl sites for hydroxylation is 1. The fourth-order valence-electron chi connectivity index (χ4n) is 3.26. The number of ether oxygens (including phenoxy) is 1. The lowest BCUT2D eigenvalue weighted by Crippen LogP contribution is -2.29. The van der Waals surface area contributed by atoms with Gasteiger partial charge in [0.05, 0.1) is 22.0 Å². The largest absolute Gasteiger partial charge is 0.492 e. The molecule has 0 aliphatic carbocycles.